The van der Waals surface area contributed by atoms with Gasteiger partial charge in [0, 0.05) is 29.4 Å². The van der Waals surface area contributed by atoms with Crippen LogP contribution in [0.1, 0.15) is 39.3 Å². The molecule has 0 saturated carbocycles. The molecule has 8 heteroatoms. The lowest BCUT2D eigenvalue weighted by molar-refractivity contribution is -0.138. The second-order valence-corrected chi connectivity index (χ2v) is 7.96. The Labute approximate surface area is 159 Å². The highest BCUT2D eigenvalue weighted by Crippen LogP contribution is 2.22. The summed E-state index contributed by atoms with van der Waals surface area (Å²) in [5, 5.41) is 11.3. The number of carboxylic acids is 1. The summed E-state index contributed by atoms with van der Waals surface area (Å²) in [7, 11) is 0. The van der Waals surface area contributed by atoms with Gasteiger partial charge in [0.25, 0.3) is 5.56 Å². The van der Waals surface area contributed by atoms with Gasteiger partial charge in [-0.15, -0.1) is 0 Å². The Balaban J connectivity index is 2.31. The van der Waals surface area contributed by atoms with E-state index in [0.717, 1.165) is 4.47 Å². The number of hydrogen-bond donors (Lipinski definition) is 2. The molecule has 0 spiro atoms. The topological polar surface area (TPSA) is 101 Å². The summed E-state index contributed by atoms with van der Waals surface area (Å²) >= 11 is 3.41. The van der Waals surface area contributed by atoms with Crippen LogP contribution in [0.15, 0.2) is 27.5 Å². The van der Waals surface area contributed by atoms with E-state index in [1.54, 1.807) is 4.57 Å². The van der Waals surface area contributed by atoms with Crippen LogP contribution in [0.3, 0.4) is 0 Å². The van der Waals surface area contributed by atoms with Crippen molar-refractivity contribution in [3.63, 3.8) is 0 Å². The van der Waals surface area contributed by atoms with E-state index in [2.05, 4.69) is 26.2 Å². The van der Waals surface area contributed by atoms with E-state index in [1.165, 1.54) is 0 Å². The number of nitrogens with one attached hydrogen (secondary N) is 1. The fraction of sp³-hybridized carbons (Fsp3) is 0.444. The minimum Gasteiger partial charge on any atom is -0.481 e. The summed E-state index contributed by atoms with van der Waals surface area (Å²) in [6.45, 7) is 6.29. The molecule has 0 aliphatic carbocycles. The predicted molar refractivity (Wildman–Crippen MR) is 102 cm³/mol. The molecule has 0 atom stereocenters. The first-order chi connectivity index (χ1) is 12.1. The fourth-order valence-corrected chi connectivity index (χ4v) is 2.89. The first kappa shape index (κ1) is 20.1. The van der Waals surface area contributed by atoms with Crippen molar-refractivity contribution in [3.8, 4) is 0 Å². The molecule has 0 bridgehead atoms. The molecule has 0 saturated heterocycles. The molecule has 0 radical (unpaired) electrons. The molecule has 140 valence electrons. The van der Waals surface area contributed by atoms with Crippen molar-refractivity contribution in [3.05, 3.63) is 38.7 Å². The average molecular weight is 424 g/mol. The first-order valence-electron chi connectivity index (χ1n) is 8.28. The molecule has 1 amide bonds. The van der Waals surface area contributed by atoms with Crippen LogP contribution in [0, 0.1) is 0 Å². The maximum Gasteiger partial charge on any atom is 0.303 e. The van der Waals surface area contributed by atoms with Crippen molar-refractivity contribution in [1.82, 2.24) is 14.9 Å². The Morgan fingerprint density at radius 2 is 1.96 bits per heavy atom. The molecule has 1 aromatic heterocycles. The quantitative estimate of drug-likeness (QED) is 0.742. The third kappa shape index (κ3) is 4.91. The first-order valence-corrected chi connectivity index (χ1v) is 9.08. The van der Waals surface area contributed by atoms with Gasteiger partial charge in [-0.3, -0.25) is 14.4 Å². The minimum atomic E-state index is -1.02. The SMILES string of the molecule is CC(C)(C)c1nc2ccc(Br)cc2n(CCNC(=O)CCC(=O)O)c1=O. The minimum absolute atomic E-state index is 0.0832. The number of benzene rings is 1. The number of fused-ring (bicyclic) bond motifs is 1. The van der Waals surface area contributed by atoms with E-state index in [1.807, 2.05) is 39.0 Å². The number of carbonyl (C=O) groups excluding carboxylic acids is 1. The molecule has 2 rings (SSSR count). The molecule has 1 heterocycles. The van der Waals surface area contributed by atoms with Gasteiger partial charge >= 0.3 is 5.97 Å². The van der Waals surface area contributed by atoms with Gasteiger partial charge in [-0.1, -0.05) is 36.7 Å². The van der Waals surface area contributed by atoms with Gasteiger partial charge in [0.15, 0.2) is 0 Å². The summed E-state index contributed by atoms with van der Waals surface area (Å²) in [5.41, 5.74) is 1.24. The zero-order chi connectivity index (χ0) is 19.5. The van der Waals surface area contributed by atoms with Gasteiger partial charge in [0.2, 0.25) is 5.91 Å². The average Bonchev–Trinajstić information content (AvgIpc) is 2.53. The Hall–Kier alpha value is -2.22. The van der Waals surface area contributed by atoms with Gasteiger partial charge in [-0.05, 0) is 18.2 Å². The van der Waals surface area contributed by atoms with Crippen molar-refractivity contribution in [2.24, 2.45) is 0 Å². The number of rotatable bonds is 6. The van der Waals surface area contributed by atoms with Gasteiger partial charge in [-0.2, -0.15) is 0 Å². The highest BCUT2D eigenvalue weighted by Gasteiger charge is 2.22. The summed E-state index contributed by atoms with van der Waals surface area (Å²) < 4.78 is 2.43. The zero-order valence-corrected chi connectivity index (χ0v) is 16.6. The number of nitrogens with zero attached hydrogens (tertiary/aromatic N) is 2. The number of carboxylic acid groups (broad SMARTS) is 1. The Kier molecular flexibility index (Phi) is 6.17. The zero-order valence-electron chi connectivity index (χ0n) is 15.0. The largest absolute Gasteiger partial charge is 0.481 e. The molecule has 0 aliphatic rings. The smallest absolute Gasteiger partial charge is 0.303 e. The van der Waals surface area contributed by atoms with Crippen molar-refractivity contribution in [2.45, 2.75) is 45.6 Å². The van der Waals surface area contributed by atoms with Gasteiger partial charge in [-0.25, -0.2) is 4.98 Å². The molecule has 0 aliphatic heterocycles. The summed E-state index contributed by atoms with van der Waals surface area (Å²) in [5.74, 6) is -1.37. The van der Waals surface area contributed by atoms with Crippen LogP contribution < -0.4 is 10.9 Å². The second kappa shape index (κ2) is 7.99. The summed E-state index contributed by atoms with van der Waals surface area (Å²) in [6, 6.07) is 5.53. The van der Waals surface area contributed by atoms with Crippen LogP contribution in [0.5, 0.6) is 0 Å². The highest BCUT2D eigenvalue weighted by molar-refractivity contribution is 9.10. The second-order valence-electron chi connectivity index (χ2n) is 7.04. The standard InChI is InChI=1S/C18H22BrN3O4/c1-18(2,3)16-17(26)22(9-8-20-14(23)6-7-15(24)25)13-10-11(19)4-5-12(13)21-16/h4-5,10H,6-9H2,1-3H3,(H,20,23)(H,24,25). The molecule has 0 fully saturated rings. The number of carbonyl (C=O) groups is 2. The van der Waals surface area contributed by atoms with E-state index in [9.17, 15) is 14.4 Å². The summed E-state index contributed by atoms with van der Waals surface area (Å²) in [6.07, 6.45) is -0.300. The molecular weight excluding hydrogens is 402 g/mol. The lowest BCUT2D eigenvalue weighted by atomic mass is 9.92. The lowest BCUT2D eigenvalue weighted by Gasteiger charge is -2.20. The van der Waals surface area contributed by atoms with E-state index < -0.39 is 11.4 Å². The van der Waals surface area contributed by atoms with Crippen LogP contribution in [-0.4, -0.2) is 33.1 Å². The maximum atomic E-state index is 12.9. The normalized spacial score (nSPS) is 11.5. The Morgan fingerprint density at radius 3 is 2.58 bits per heavy atom. The molecule has 2 N–H and O–H groups in total. The van der Waals surface area contributed by atoms with Gasteiger partial charge in [0.1, 0.15) is 5.69 Å². The predicted octanol–water partition coefficient (Wildman–Crippen LogP) is 2.44. The van der Waals surface area contributed by atoms with Crippen LogP contribution in [-0.2, 0) is 21.5 Å². The summed E-state index contributed by atoms with van der Waals surface area (Å²) in [4.78, 5) is 39.7. The molecule has 0 unspecified atom stereocenters. The highest BCUT2D eigenvalue weighted by atomic mass is 79.9. The third-order valence-corrected chi connectivity index (χ3v) is 4.34. The fourth-order valence-electron chi connectivity index (χ4n) is 2.54. The van der Waals surface area contributed by atoms with E-state index in [0.29, 0.717) is 16.7 Å². The number of amides is 1. The van der Waals surface area contributed by atoms with Crippen LogP contribution >= 0.6 is 15.9 Å². The van der Waals surface area contributed by atoms with Crippen molar-refractivity contribution in [1.29, 1.82) is 0 Å². The molecule has 2 aromatic rings. The van der Waals surface area contributed by atoms with Crippen LogP contribution in [0.2, 0.25) is 0 Å². The monoisotopic (exact) mass is 423 g/mol. The lowest BCUT2D eigenvalue weighted by Crippen LogP contribution is -2.36. The molecule has 1 aromatic carbocycles. The van der Waals surface area contributed by atoms with E-state index >= 15 is 0 Å². The number of halogens is 1. The van der Waals surface area contributed by atoms with Crippen molar-refractivity contribution in [2.75, 3.05) is 6.54 Å². The number of hydrogen-bond acceptors (Lipinski definition) is 4. The number of aliphatic carboxylic acids is 1. The maximum absolute atomic E-state index is 12.9. The Bertz CT molecular complexity index is 900. The van der Waals surface area contributed by atoms with Crippen molar-refractivity contribution >= 4 is 38.8 Å². The van der Waals surface area contributed by atoms with Gasteiger partial charge in [0.05, 0.1) is 17.5 Å². The van der Waals surface area contributed by atoms with Crippen LogP contribution in [0.25, 0.3) is 11.0 Å². The molecular formula is C18H22BrN3O4. The molecule has 26 heavy (non-hydrogen) atoms. The van der Waals surface area contributed by atoms with Gasteiger partial charge < -0.3 is 15.0 Å². The van der Waals surface area contributed by atoms with E-state index in [4.69, 9.17) is 5.11 Å². The Morgan fingerprint density at radius 1 is 1.27 bits per heavy atom. The molecule has 7 nitrogen and oxygen atoms in total. The number of aromatic nitrogens is 2. The third-order valence-electron chi connectivity index (χ3n) is 3.84. The van der Waals surface area contributed by atoms with E-state index in [-0.39, 0.29) is 37.4 Å². The van der Waals surface area contributed by atoms with Crippen LogP contribution in [0.4, 0.5) is 0 Å². The van der Waals surface area contributed by atoms with Crippen molar-refractivity contribution < 1.29 is 14.7 Å².